The molecule has 0 aliphatic heterocycles. The zero-order valence-corrected chi connectivity index (χ0v) is 16.2. The van der Waals surface area contributed by atoms with Crippen molar-refractivity contribution in [3.8, 4) is 0 Å². The van der Waals surface area contributed by atoms with E-state index in [2.05, 4.69) is 37.9 Å². The quantitative estimate of drug-likeness (QED) is 0.441. The molecule has 0 N–H and O–H groups in total. The van der Waals surface area contributed by atoms with Gasteiger partial charge in [0.05, 0.1) is 8.07 Å². The van der Waals surface area contributed by atoms with Gasteiger partial charge in [0.2, 0.25) is 0 Å². The van der Waals surface area contributed by atoms with E-state index in [0.717, 1.165) is 31.4 Å². The molecule has 1 aliphatic rings. The van der Waals surface area contributed by atoms with Crippen molar-refractivity contribution in [3.05, 3.63) is 35.6 Å². The molecule has 1 rings (SSSR count). The molecule has 0 aromatic rings. The Bertz CT molecular complexity index is 401. The van der Waals surface area contributed by atoms with E-state index < -0.39 is 16.9 Å². The Morgan fingerprint density at radius 2 is 1.76 bits per heavy atom. The molecule has 21 heavy (non-hydrogen) atoms. The normalized spacial score (nSPS) is 15.9. The third-order valence-electron chi connectivity index (χ3n) is 4.28. The van der Waals surface area contributed by atoms with E-state index in [-0.39, 0.29) is 0 Å². The zero-order chi connectivity index (χ0) is 15.9. The molecule has 0 radical (unpaired) electrons. The maximum absolute atomic E-state index is 5.49. The molecule has 1 aliphatic carbocycles. The summed E-state index contributed by atoms with van der Waals surface area (Å²) in [5.41, 5.74) is 1.53. The van der Waals surface area contributed by atoms with Crippen LogP contribution in [0.15, 0.2) is 35.6 Å². The summed E-state index contributed by atoms with van der Waals surface area (Å²) < 4.78 is 16.5. The van der Waals surface area contributed by atoms with Crippen LogP contribution in [0.1, 0.15) is 19.3 Å². The molecule has 0 spiro atoms. The lowest BCUT2D eigenvalue weighted by Gasteiger charge is -2.27. The first-order valence-electron chi connectivity index (χ1n) is 7.61. The van der Waals surface area contributed by atoms with Crippen LogP contribution in [-0.2, 0) is 13.3 Å². The van der Waals surface area contributed by atoms with Crippen LogP contribution >= 0.6 is 0 Å². The summed E-state index contributed by atoms with van der Waals surface area (Å²) in [6.07, 6.45) is 10.1. The summed E-state index contributed by atoms with van der Waals surface area (Å²) in [5, 5.41) is 1.61. The minimum Gasteiger partial charge on any atom is -0.377 e. The molecule has 0 amide bonds. The molecule has 0 unspecified atom stereocenters. The van der Waals surface area contributed by atoms with Gasteiger partial charge < -0.3 is 13.3 Å². The first-order valence-corrected chi connectivity index (χ1v) is 12.7. The topological polar surface area (TPSA) is 27.7 Å². The highest BCUT2D eigenvalue weighted by Crippen LogP contribution is 2.34. The molecule has 0 bridgehead atoms. The van der Waals surface area contributed by atoms with Gasteiger partial charge in [0.15, 0.2) is 0 Å². The maximum atomic E-state index is 5.49. The third kappa shape index (κ3) is 4.76. The first-order chi connectivity index (χ1) is 9.94. The molecule has 3 nitrogen and oxygen atoms in total. The molecule has 5 heteroatoms. The Kier molecular flexibility index (Phi) is 7.29. The molecule has 0 aromatic carbocycles. The van der Waals surface area contributed by atoms with E-state index >= 15 is 0 Å². The minimum atomic E-state index is -2.42. The van der Waals surface area contributed by atoms with Crippen LogP contribution in [0, 0.1) is 0 Å². The smallest absolute Gasteiger partial charge is 0.377 e. The minimum absolute atomic E-state index is 0.866. The number of rotatable bonds is 10. The van der Waals surface area contributed by atoms with Crippen molar-refractivity contribution in [2.45, 2.75) is 44.4 Å². The van der Waals surface area contributed by atoms with Crippen LogP contribution in [-0.4, -0.2) is 38.2 Å². The Labute approximate surface area is 132 Å². The van der Waals surface area contributed by atoms with E-state index in [0.29, 0.717) is 0 Å². The summed E-state index contributed by atoms with van der Waals surface area (Å²) in [6.45, 7) is 8.77. The number of allylic oxidation sites excluding steroid dienone is 5. The highest BCUT2D eigenvalue weighted by atomic mass is 28.4. The fourth-order valence-corrected chi connectivity index (χ4v) is 7.46. The number of hydrogen-bond acceptors (Lipinski definition) is 3. The van der Waals surface area contributed by atoms with Crippen LogP contribution in [0.4, 0.5) is 0 Å². The van der Waals surface area contributed by atoms with E-state index in [9.17, 15) is 0 Å². The molecule has 0 saturated heterocycles. The molecule has 0 atom stereocenters. The molecule has 120 valence electrons. The highest BCUT2D eigenvalue weighted by molar-refractivity contribution is 6.85. The van der Waals surface area contributed by atoms with Crippen LogP contribution in [0.5, 0.6) is 0 Å². The van der Waals surface area contributed by atoms with Crippen LogP contribution < -0.4 is 0 Å². The fourth-order valence-electron chi connectivity index (χ4n) is 3.03. The number of hydrogen-bond donors (Lipinski definition) is 0. The van der Waals surface area contributed by atoms with Gasteiger partial charge in [-0.15, -0.1) is 6.58 Å². The maximum Gasteiger partial charge on any atom is 0.500 e. The summed E-state index contributed by atoms with van der Waals surface area (Å²) >= 11 is 0. The SMILES string of the molecule is C=CC[Si](C)(C)C1=CCC=C1CCC[Si](OC)(OC)OC. The predicted octanol–water partition coefficient (Wildman–Crippen LogP) is 4.33. The second kappa shape index (κ2) is 8.24. The summed E-state index contributed by atoms with van der Waals surface area (Å²) in [7, 11) is 1.25. The summed E-state index contributed by atoms with van der Waals surface area (Å²) in [5.74, 6) is 0. The molecule has 0 heterocycles. The van der Waals surface area contributed by atoms with Crippen molar-refractivity contribution in [2.75, 3.05) is 21.3 Å². The first kappa shape index (κ1) is 18.6. The van der Waals surface area contributed by atoms with Gasteiger partial charge in [-0.1, -0.05) is 42.1 Å². The highest BCUT2D eigenvalue weighted by Gasteiger charge is 2.37. The van der Waals surface area contributed by atoms with Crippen molar-refractivity contribution in [3.63, 3.8) is 0 Å². The molecule has 0 saturated carbocycles. The Morgan fingerprint density at radius 3 is 2.29 bits per heavy atom. The van der Waals surface area contributed by atoms with Gasteiger partial charge in [-0.2, -0.15) is 0 Å². The Morgan fingerprint density at radius 1 is 1.14 bits per heavy atom. The molecule has 0 aromatic heterocycles. The molecular formula is C16H30O3Si2. The lowest BCUT2D eigenvalue weighted by molar-refractivity contribution is 0.123. The van der Waals surface area contributed by atoms with Crippen molar-refractivity contribution in [1.82, 2.24) is 0 Å². The summed E-state index contributed by atoms with van der Waals surface area (Å²) in [4.78, 5) is 0. The lowest BCUT2D eigenvalue weighted by Crippen LogP contribution is -2.42. The molecule has 0 fully saturated rings. The van der Waals surface area contributed by atoms with E-state index in [1.54, 1.807) is 26.5 Å². The Balaban J connectivity index is 2.60. The van der Waals surface area contributed by atoms with E-state index in [1.807, 2.05) is 0 Å². The van der Waals surface area contributed by atoms with Crippen LogP contribution in [0.2, 0.25) is 25.2 Å². The third-order valence-corrected chi connectivity index (χ3v) is 10.4. The standard InChI is InChI=1S/C16H30O3Si2/c1-7-13-20(5,6)16-12-8-10-15(16)11-9-14-21(17-2,18-3)19-4/h7,10,12H,1,8-9,11,13-14H2,2-6H3. The van der Waals surface area contributed by atoms with Crippen molar-refractivity contribution >= 4 is 16.9 Å². The van der Waals surface area contributed by atoms with E-state index in [4.69, 9.17) is 13.3 Å². The van der Waals surface area contributed by atoms with E-state index in [1.165, 1.54) is 5.57 Å². The van der Waals surface area contributed by atoms with Crippen LogP contribution in [0.3, 0.4) is 0 Å². The fraction of sp³-hybridized carbons (Fsp3) is 0.625. The van der Waals surface area contributed by atoms with Gasteiger partial charge in [-0.05, 0) is 25.3 Å². The average Bonchev–Trinajstić information content (AvgIpc) is 2.93. The second-order valence-corrected chi connectivity index (χ2v) is 13.9. The largest absolute Gasteiger partial charge is 0.500 e. The van der Waals surface area contributed by atoms with Gasteiger partial charge in [-0.25, -0.2) is 0 Å². The van der Waals surface area contributed by atoms with Gasteiger partial charge in [-0.3, -0.25) is 0 Å². The van der Waals surface area contributed by atoms with Gasteiger partial charge in [0, 0.05) is 27.4 Å². The Hall–Kier alpha value is -0.466. The zero-order valence-electron chi connectivity index (χ0n) is 14.2. The monoisotopic (exact) mass is 326 g/mol. The van der Waals surface area contributed by atoms with Gasteiger partial charge in [0.1, 0.15) is 0 Å². The lowest BCUT2D eigenvalue weighted by atomic mass is 10.2. The van der Waals surface area contributed by atoms with Crippen LogP contribution in [0.25, 0.3) is 0 Å². The second-order valence-electron chi connectivity index (χ2n) is 6.11. The van der Waals surface area contributed by atoms with Crippen molar-refractivity contribution in [1.29, 1.82) is 0 Å². The summed E-state index contributed by atoms with van der Waals surface area (Å²) in [6, 6.07) is 2.01. The van der Waals surface area contributed by atoms with Gasteiger partial charge in [0.25, 0.3) is 0 Å². The molecular weight excluding hydrogens is 296 g/mol. The van der Waals surface area contributed by atoms with Gasteiger partial charge >= 0.3 is 8.80 Å². The average molecular weight is 327 g/mol. The van der Waals surface area contributed by atoms with Crippen molar-refractivity contribution < 1.29 is 13.3 Å². The van der Waals surface area contributed by atoms with Crippen molar-refractivity contribution in [2.24, 2.45) is 0 Å². The predicted molar refractivity (Wildman–Crippen MR) is 94.1 cm³/mol.